The average molecular weight is 405 g/mol. The molecule has 0 amide bonds. The minimum absolute atomic E-state index is 0.0230. The van der Waals surface area contributed by atoms with Crippen molar-refractivity contribution in [2.45, 2.75) is 37.1 Å². The summed E-state index contributed by atoms with van der Waals surface area (Å²) in [5, 5.41) is 13.8. The summed E-state index contributed by atoms with van der Waals surface area (Å²) >= 11 is 1.61. The van der Waals surface area contributed by atoms with Crippen molar-refractivity contribution in [2.75, 3.05) is 6.26 Å². The highest BCUT2D eigenvalue weighted by Crippen LogP contribution is 2.34. The first-order valence-electron chi connectivity index (χ1n) is 8.80. The maximum atomic E-state index is 13.5. The number of halogens is 3. The lowest BCUT2D eigenvalue weighted by molar-refractivity contribution is -0.137. The lowest BCUT2D eigenvalue weighted by Gasteiger charge is -2.23. The van der Waals surface area contributed by atoms with Gasteiger partial charge in [-0.05, 0) is 31.6 Å². The summed E-state index contributed by atoms with van der Waals surface area (Å²) in [4.78, 5) is 12.9. The molecule has 1 aromatic carbocycles. The van der Waals surface area contributed by atoms with Crippen molar-refractivity contribution in [1.29, 1.82) is 5.26 Å². The third kappa shape index (κ3) is 3.99. The largest absolute Gasteiger partial charge is 0.417 e. The van der Waals surface area contributed by atoms with Gasteiger partial charge in [-0.2, -0.15) is 40.0 Å². The van der Waals surface area contributed by atoms with Crippen molar-refractivity contribution in [3.8, 4) is 17.3 Å². The number of thioether (sulfide) groups is 1. The van der Waals surface area contributed by atoms with E-state index in [9.17, 15) is 23.2 Å². The maximum absolute atomic E-state index is 13.5. The fourth-order valence-corrected chi connectivity index (χ4v) is 4.15. The number of alkyl halides is 3. The van der Waals surface area contributed by atoms with Gasteiger partial charge >= 0.3 is 6.18 Å². The molecule has 0 saturated heterocycles. The summed E-state index contributed by atoms with van der Waals surface area (Å²) in [5.41, 5.74) is -2.01. The third-order valence-electron chi connectivity index (χ3n) is 4.71. The van der Waals surface area contributed by atoms with E-state index in [0.29, 0.717) is 12.0 Å². The first-order chi connectivity index (χ1) is 13.4. The zero-order chi connectivity index (χ0) is 20.3. The van der Waals surface area contributed by atoms with Crippen LogP contribution in [0.25, 0.3) is 11.3 Å². The average Bonchev–Trinajstić information content (AvgIpc) is 2.69. The van der Waals surface area contributed by atoms with E-state index in [0.717, 1.165) is 35.7 Å². The predicted molar refractivity (Wildman–Crippen MR) is 104 cm³/mol. The SMILES string of the molecule is CSC1CCCCC1=Nn1c(-c2ccccc2)cc(C(F)(F)F)c(C#N)c1=O. The van der Waals surface area contributed by atoms with Gasteiger partial charge in [-0.1, -0.05) is 36.8 Å². The number of pyridine rings is 1. The number of benzene rings is 1. The Morgan fingerprint density at radius 1 is 1.25 bits per heavy atom. The highest BCUT2D eigenvalue weighted by molar-refractivity contribution is 7.99. The summed E-state index contributed by atoms with van der Waals surface area (Å²) in [6.07, 6.45) is 0.668. The van der Waals surface area contributed by atoms with Gasteiger partial charge in [0.05, 0.1) is 17.0 Å². The number of aromatic nitrogens is 1. The molecule has 1 fully saturated rings. The van der Waals surface area contributed by atoms with Gasteiger partial charge in [0.15, 0.2) is 0 Å². The quantitative estimate of drug-likeness (QED) is 0.729. The Morgan fingerprint density at radius 2 is 1.96 bits per heavy atom. The molecule has 0 spiro atoms. The summed E-state index contributed by atoms with van der Waals surface area (Å²) < 4.78 is 41.4. The van der Waals surface area contributed by atoms with Crippen LogP contribution >= 0.6 is 11.8 Å². The second kappa shape index (κ2) is 8.23. The zero-order valence-corrected chi connectivity index (χ0v) is 16.0. The van der Waals surface area contributed by atoms with Crippen molar-refractivity contribution in [2.24, 2.45) is 5.10 Å². The van der Waals surface area contributed by atoms with E-state index < -0.39 is 22.9 Å². The highest BCUT2D eigenvalue weighted by atomic mass is 32.2. The number of hydrogen-bond acceptors (Lipinski definition) is 4. The van der Waals surface area contributed by atoms with Crippen LogP contribution in [0, 0.1) is 11.3 Å². The van der Waals surface area contributed by atoms with Crippen molar-refractivity contribution in [3.63, 3.8) is 0 Å². The first kappa shape index (κ1) is 20.2. The Kier molecular flexibility index (Phi) is 5.94. The molecular formula is C20H18F3N3OS. The topological polar surface area (TPSA) is 58.1 Å². The minimum atomic E-state index is -4.81. The number of nitrogens with zero attached hydrogens (tertiary/aromatic N) is 3. The standard InChI is InChI=1S/C20H18F3N3OS/c1-28-18-10-6-5-9-16(18)25-26-17(13-7-3-2-4-8-13)11-15(20(21,22)23)14(12-24)19(26)27/h2-4,7-8,11,18H,5-6,9-10H2,1H3. The maximum Gasteiger partial charge on any atom is 0.417 e. The van der Waals surface area contributed by atoms with Crippen LogP contribution in [-0.2, 0) is 6.18 Å². The van der Waals surface area contributed by atoms with Crippen LogP contribution < -0.4 is 5.56 Å². The van der Waals surface area contributed by atoms with E-state index in [2.05, 4.69) is 5.10 Å². The number of rotatable bonds is 3. The fraction of sp³-hybridized carbons (Fsp3) is 0.350. The Morgan fingerprint density at radius 3 is 2.57 bits per heavy atom. The summed E-state index contributed by atoms with van der Waals surface area (Å²) in [6, 6.07) is 10.6. The Bertz CT molecular complexity index is 991. The molecule has 0 aliphatic heterocycles. The normalized spacial score (nSPS) is 18.8. The molecule has 0 N–H and O–H groups in total. The van der Waals surface area contributed by atoms with E-state index in [1.807, 2.05) is 6.26 Å². The van der Waals surface area contributed by atoms with Gasteiger partial charge in [0.2, 0.25) is 0 Å². The van der Waals surface area contributed by atoms with Crippen molar-refractivity contribution in [1.82, 2.24) is 4.68 Å². The monoisotopic (exact) mass is 405 g/mol. The van der Waals surface area contributed by atoms with Crippen LogP contribution in [0.3, 0.4) is 0 Å². The van der Waals surface area contributed by atoms with Gasteiger partial charge in [0.25, 0.3) is 5.56 Å². The van der Waals surface area contributed by atoms with Crippen LogP contribution in [0.1, 0.15) is 36.8 Å². The van der Waals surface area contributed by atoms with Crippen molar-refractivity contribution >= 4 is 17.5 Å². The van der Waals surface area contributed by atoms with Gasteiger partial charge in [0.1, 0.15) is 11.6 Å². The lowest BCUT2D eigenvalue weighted by Crippen LogP contribution is -2.29. The fourth-order valence-electron chi connectivity index (χ4n) is 3.31. The zero-order valence-electron chi connectivity index (χ0n) is 15.2. The van der Waals surface area contributed by atoms with E-state index >= 15 is 0 Å². The molecule has 0 radical (unpaired) electrons. The second-order valence-corrected chi connectivity index (χ2v) is 7.51. The third-order valence-corrected chi connectivity index (χ3v) is 5.78. The lowest BCUT2D eigenvalue weighted by atomic mass is 9.98. The van der Waals surface area contributed by atoms with E-state index in [-0.39, 0.29) is 10.9 Å². The molecule has 1 heterocycles. The molecule has 8 heteroatoms. The van der Waals surface area contributed by atoms with E-state index in [1.165, 1.54) is 6.07 Å². The van der Waals surface area contributed by atoms with Crippen LogP contribution in [0.5, 0.6) is 0 Å². The number of hydrogen-bond donors (Lipinski definition) is 0. The van der Waals surface area contributed by atoms with Gasteiger partial charge in [-0.3, -0.25) is 4.79 Å². The van der Waals surface area contributed by atoms with Gasteiger partial charge < -0.3 is 0 Å². The van der Waals surface area contributed by atoms with Crippen molar-refractivity contribution in [3.05, 3.63) is 57.9 Å². The molecule has 1 aliphatic carbocycles. The molecule has 1 unspecified atom stereocenters. The molecular weight excluding hydrogens is 387 g/mol. The van der Waals surface area contributed by atoms with Gasteiger partial charge in [-0.15, -0.1) is 0 Å². The molecule has 1 atom stereocenters. The van der Waals surface area contributed by atoms with E-state index in [4.69, 9.17) is 0 Å². The van der Waals surface area contributed by atoms with Crippen LogP contribution in [-0.4, -0.2) is 21.9 Å². The summed E-state index contributed by atoms with van der Waals surface area (Å²) in [6.45, 7) is 0. The Balaban J connectivity index is 2.32. The molecule has 1 aromatic heterocycles. The minimum Gasteiger partial charge on any atom is -0.266 e. The summed E-state index contributed by atoms with van der Waals surface area (Å²) in [7, 11) is 0. The summed E-state index contributed by atoms with van der Waals surface area (Å²) in [5.74, 6) is 0. The molecule has 146 valence electrons. The molecule has 3 rings (SSSR count). The molecule has 4 nitrogen and oxygen atoms in total. The van der Waals surface area contributed by atoms with Gasteiger partial charge in [-0.25, -0.2) is 0 Å². The molecule has 28 heavy (non-hydrogen) atoms. The smallest absolute Gasteiger partial charge is 0.266 e. The van der Waals surface area contributed by atoms with Crippen LogP contribution in [0.4, 0.5) is 13.2 Å². The highest BCUT2D eigenvalue weighted by Gasteiger charge is 2.36. The van der Waals surface area contributed by atoms with Gasteiger partial charge in [0, 0.05) is 10.8 Å². The Hall–Kier alpha value is -2.53. The van der Waals surface area contributed by atoms with Crippen molar-refractivity contribution < 1.29 is 13.2 Å². The van der Waals surface area contributed by atoms with E-state index in [1.54, 1.807) is 42.1 Å². The molecule has 1 aliphatic rings. The molecule has 2 aromatic rings. The Labute approximate surface area is 164 Å². The van der Waals surface area contributed by atoms with Crippen LogP contribution in [0.2, 0.25) is 0 Å². The van der Waals surface area contributed by atoms with Crippen LogP contribution in [0.15, 0.2) is 46.3 Å². The number of nitriles is 1. The molecule has 0 bridgehead atoms. The first-order valence-corrected chi connectivity index (χ1v) is 10.1. The second-order valence-electron chi connectivity index (χ2n) is 6.47. The predicted octanol–water partition coefficient (Wildman–Crippen LogP) is 4.92. The molecule has 1 saturated carbocycles.